The molecule has 7 nitrogen and oxygen atoms in total. The molecule has 1 aromatic heterocycles. The third-order valence-corrected chi connectivity index (χ3v) is 4.91. The second-order valence-electron chi connectivity index (χ2n) is 6.70. The van der Waals surface area contributed by atoms with Crippen LogP contribution in [0.25, 0.3) is 0 Å². The van der Waals surface area contributed by atoms with Gasteiger partial charge in [-0.25, -0.2) is 9.97 Å². The summed E-state index contributed by atoms with van der Waals surface area (Å²) in [5.41, 5.74) is 1.12. The Morgan fingerprint density at radius 3 is 2.64 bits per heavy atom. The predicted octanol–water partition coefficient (Wildman–Crippen LogP) is 2.63. The van der Waals surface area contributed by atoms with Gasteiger partial charge in [-0.2, -0.15) is 0 Å². The SMILES string of the molecule is COC(=O)C[C@@H](Cc1ccccc1)NC(=O)c1nc(N2CCCC2)ncc1Cl. The van der Waals surface area contributed by atoms with Gasteiger partial charge in [0.25, 0.3) is 5.91 Å². The molecule has 28 heavy (non-hydrogen) atoms. The number of ether oxygens (including phenoxy) is 1. The van der Waals surface area contributed by atoms with Gasteiger partial charge in [0.05, 0.1) is 24.8 Å². The van der Waals surface area contributed by atoms with Crippen molar-refractivity contribution in [3.63, 3.8) is 0 Å². The molecule has 1 saturated heterocycles. The lowest BCUT2D eigenvalue weighted by atomic mass is 10.0. The first-order valence-electron chi connectivity index (χ1n) is 9.26. The van der Waals surface area contributed by atoms with Crippen molar-refractivity contribution in [1.29, 1.82) is 0 Å². The second-order valence-corrected chi connectivity index (χ2v) is 7.11. The molecule has 1 amide bonds. The summed E-state index contributed by atoms with van der Waals surface area (Å²) in [5, 5.41) is 3.05. The summed E-state index contributed by atoms with van der Waals surface area (Å²) in [5.74, 6) is -0.329. The van der Waals surface area contributed by atoms with Gasteiger partial charge in [0.2, 0.25) is 5.95 Å². The van der Waals surface area contributed by atoms with Gasteiger partial charge in [-0.05, 0) is 24.8 Å². The Morgan fingerprint density at radius 2 is 1.96 bits per heavy atom. The normalized spacial score (nSPS) is 14.6. The standard InChI is InChI=1S/C20H23ClN4O3/c1-28-17(26)12-15(11-14-7-3-2-4-8-14)23-19(27)18-16(21)13-22-20(24-18)25-9-5-6-10-25/h2-4,7-8,13,15H,5-6,9-12H2,1H3,(H,23,27)/t15-/m1/s1. The quantitative estimate of drug-likeness (QED) is 0.717. The monoisotopic (exact) mass is 402 g/mol. The lowest BCUT2D eigenvalue weighted by molar-refractivity contribution is -0.141. The maximum absolute atomic E-state index is 12.8. The molecule has 0 saturated carbocycles. The van der Waals surface area contributed by atoms with Gasteiger partial charge in [-0.15, -0.1) is 0 Å². The number of esters is 1. The number of carbonyl (C=O) groups is 2. The van der Waals surface area contributed by atoms with Gasteiger partial charge in [0.15, 0.2) is 5.69 Å². The van der Waals surface area contributed by atoms with E-state index in [0.717, 1.165) is 31.5 Å². The summed E-state index contributed by atoms with van der Waals surface area (Å²) < 4.78 is 4.77. The summed E-state index contributed by atoms with van der Waals surface area (Å²) in [6.45, 7) is 1.73. The maximum Gasteiger partial charge on any atom is 0.307 e. The Bertz CT molecular complexity index is 825. The number of methoxy groups -OCH3 is 1. The number of nitrogens with one attached hydrogen (secondary N) is 1. The molecular weight excluding hydrogens is 380 g/mol. The summed E-state index contributed by atoms with van der Waals surface area (Å²) in [6.07, 6.45) is 4.14. The smallest absolute Gasteiger partial charge is 0.307 e. The minimum Gasteiger partial charge on any atom is -0.469 e. The number of carbonyl (C=O) groups excluding carboxylic acids is 2. The number of amides is 1. The zero-order chi connectivity index (χ0) is 19.9. The molecule has 1 N–H and O–H groups in total. The molecule has 0 unspecified atom stereocenters. The first-order valence-corrected chi connectivity index (χ1v) is 9.63. The Kier molecular flexibility index (Phi) is 6.81. The largest absolute Gasteiger partial charge is 0.469 e. The van der Waals surface area contributed by atoms with Gasteiger partial charge in [0.1, 0.15) is 0 Å². The van der Waals surface area contributed by atoms with Crippen LogP contribution in [0.2, 0.25) is 5.02 Å². The van der Waals surface area contributed by atoms with Crippen LogP contribution >= 0.6 is 11.6 Å². The molecule has 0 aliphatic carbocycles. The van der Waals surface area contributed by atoms with E-state index in [1.165, 1.54) is 13.3 Å². The average molecular weight is 403 g/mol. The van der Waals surface area contributed by atoms with Crippen molar-refractivity contribution in [1.82, 2.24) is 15.3 Å². The lowest BCUT2D eigenvalue weighted by Crippen LogP contribution is -2.39. The van der Waals surface area contributed by atoms with Crippen LogP contribution in [0.4, 0.5) is 5.95 Å². The molecule has 0 bridgehead atoms. The molecule has 3 rings (SSSR count). The van der Waals surface area contributed by atoms with Crippen LogP contribution in [0.5, 0.6) is 0 Å². The fraction of sp³-hybridized carbons (Fsp3) is 0.400. The lowest BCUT2D eigenvalue weighted by Gasteiger charge is -2.19. The Hall–Kier alpha value is -2.67. The number of halogens is 1. The summed E-state index contributed by atoms with van der Waals surface area (Å²) >= 11 is 6.18. The molecule has 2 heterocycles. The number of nitrogens with zero attached hydrogens (tertiary/aromatic N) is 3. The molecule has 1 aliphatic heterocycles. The van der Waals surface area contributed by atoms with Gasteiger partial charge in [0, 0.05) is 19.1 Å². The van der Waals surface area contributed by atoms with Crippen LogP contribution in [0.3, 0.4) is 0 Å². The van der Waals surface area contributed by atoms with Gasteiger partial charge < -0.3 is 15.0 Å². The predicted molar refractivity (Wildman–Crippen MR) is 107 cm³/mol. The topological polar surface area (TPSA) is 84.4 Å². The molecule has 0 spiro atoms. The number of hydrogen-bond donors (Lipinski definition) is 1. The van der Waals surface area contributed by atoms with E-state index in [1.807, 2.05) is 35.2 Å². The molecule has 2 aromatic rings. The molecular formula is C20H23ClN4O3. The highest BCUT2D eigenvalue weighted by Gasteiger charge is 2.23. The van der Waals surface area contributed by atoms with Crippen LogP contribution in [0.15, 0.2) is 36.5 Å². The Balaban J connectivity index is 1.76. The average Bonchev–Trinajstić information content (AvgIpc) is 3.23. The van der Waals surface area contributed by atoms with E-state index >= 15 is 0 Å². The zero-order valence-electron chi connectivity index (χ0n) is 15.7. The van der Waals surface area contributed by atoms with Crippen LogP contribution in [0.1, 0.15) is 35.3 Å². The maximum atomic E-state index is 12.8. The van der Waals surface area contributed by atoms with Crippen molar-refractivity contribution in [3.8, 4) is 0 Å². The minimum atomic E-state index is -0.441. The van der Waals surface area contributed by atoms with Gasteiger partial charge >= 0.3 is 5.97 Å². The number of aromatic nitrogens is 2. The van der Waals surface area contributed by atoms with Crippen molar-refractivity contribution in [3.05, 3.63) is 52.8 Å². The van der Waals surface area contributed by atoms with Gasteiger partial charge in [-0.3, -0.25) is 9.59 Å². The molecule has 1 aromatic carbocycles. The summed E-state index contributed by atoms with van der Waals surface area (Å²) in [4.78, 5) is 35.3. The second kappa shape index (κ2) is 9.50. The fourth-order valence-electron chi connectivity index (χ4n) is 3.20. The molecule has 0 radical (unpaired) electrons. The summed E-state index contributed by atoms with van der Waals surface area (Å²) in [6, 6.07) is 9.19. The number of hydrogen-bond acceptors (Lipinski definition) is 6. The first-order chi connectivity index (χ1) is 13.6. The van der Waals surface area contributed by atoms with E-state index in [2.05, 4.69) is 15.3 Å². The minimum absolute atomic E-state index is 0.0544. The molecule has 8 heteroatoms. The van der Waals surface area contributed by atoms with E-state index in [9.17, 15) is 9.59 Å². The van der Waals surface area contributed by atoms with Crippen LogP contribution in [0, 0.1) is 0 Å². The highest BCUT2D eigenvalue weighted by atomic mass is 35.5. The highest BCUT2D eigenvalue weighted by molar-refractivity contribution is 6.33. The Labute approximate surface area is 169 Å². The van der Waals surface area contributed by atoms with Gasteiger partial charge in [-0.1, -0.05) is 41.9 Å². The van der Waals surface area contributed by atoms with E-state index in [1.54, 1.807) is 0 Å². The fourth-order valence-corrected chi connectivity index (χ4v) is 3.37. The van der Waals surface area contributed by atoms with E-state index in [0.29, 0.717) is 12.4 Å². The number of benzene rings is 1. The van der Waals surface area contributed by atoms with Crippen LogP contribution in [-0.2, 0) is 16.0 Å². The number of anilines is 1. The molecule has 1 aliphatic rings. The van der Waals surface area contributed by atoms with Crippen molar-refractivity contribution < 1.29 is 14.3 Å². The van der Waals surface area contributed by atoms with Crippen LogP contribution in [-0.4, -0.2) is 48.1 Å². The van der Waals surface area contributed by atoms with E-state index < -0.39 is 17.9 Å². The van der Waals surface area contributed by atoms with Crippen molar-refractivity contribution >= 4 is 29.4 Å². The van der Waals surface area contributed by atoms with Crippen molar-refractivity contribution in [2.45, 2.75) is 31.7 Å². The van der Waals surface area contributed by atoms with E-state index in [4.69, 9.17) is 16.3 Å². The zero-order valence-corrected chi connectivity index (χ0v) is 16.5. The molecule has 148 valence electrons. The highest BCUT2D eigenvalue weighted by Crippen LogP contribution is 2.20. The van der Waals surface area contributed by atoms with Crippen LogP contribution < -0.4 is 10.2 Å². The third kappa shape index (κ3) is 5.19. The van der Waals surface area contributed by atoms with Crippen molar-refractivity contribution in [2.75, 3.05) is 25.1 Å². The van der Waals surface area contributed by atoms with Crippen molar-refractivity contribution in [2.24, 2.45) is 0 Å². The summed E-state index contributed by atoms with van der Waals surface area (Å²) in [7, 11) is 1.33. The molecule has 1 fully saturated rings. The first kappa shape index (κ1) is 20.1. The third-order valence-electron chi connectivity index (χ3n) is 4.64. The van der Waals surface area contributed by atoms with E-state index in [-0.39, 0.29) is 17.1 Å². The number of rotatable bonds is 7. The molecule has 1 atom stereocenters. The Morgan fingerprint density at radius 1 is 1.25 bits per heavy atom.